The first kappa shape index (κ1) is 19.2. The van der Waals surface area contributed by atoms with Crippen LogP contribution in [0.15, 0.2) is 24.3 Å². The van der Waals surface area contributed by atoms with Gasteiger partial charge in [-0.1, -0.05) is 19.1 Å². The van der Waals surface area contributed by atoms with Crippen molar-refractivity contribution in [1.29, 1.82) is 0 Å². The molecule has 0 radical (unpaired) electrons. The van der Waals surface area contributed by atoms with Crippen LogP contribution >= 0.6 is 0 Å². The summed E-state index contributed by atoms with van der Waals surface area (Å²) in [7, 11) is 0. The summed E-state index contributed by atoms with van der Waals surface area (Å²) in [5, 5.41) is 21.0. The molecule has 7 nitrogen and oxygen atoms in total. The van der Waals surface area contributed by atoms with Gasteiger partial charge in [-0.25, -0.2) is 0 Å². The van der Waals surface area contributed by atoms with Crippen molar-refractivity contribution in [1.82, 2.24) is 0 Å². The standard InChI is InChI=1S/C17H17F3N2O5/c1-15-10(11(15)13(24)25)7(6-16(15,21)14(26)27)12(23)22-9-5-3-2-4-8(9)17(18,19)20/h2-5,7,10-11H,6,21H2,1H3,(H,22,23)(H,24,25)(H,26,27)/t7-,10-,11-,15-,16-/m0/s1. The number of carboxylic acid groups (broad SMARTS) is 2. The number of benzene rings is 1. The number of rotatable bonds is 4. The van der Waals surface area contributed by atoms with Gasteiger partial charge < -0.3 is 21.3 Å². The molecule has 1 aromatic rings. The molecular weight excluding hydrogens is 369 g/mol. The largest absolute Gasteiger partial charge is 0.481 e. The van der Waals surface area contributed by atoms with Crippen molar-refractivity contribution in [2.24, 2.45) is 28.9 Å². The molecular formula is C17H17F3N2O5. The SMILES string of the molecule is C[C@@]12[C@@H]([C@@H](C(=O)Nc3ccccc3C(F)(F)F)C[C@]1(N)C(=O)O)[C@H]2C(=O)O. The number of halogens is 3. The zero-order valence-electron chi connectivity index (χ0n) is 14.1. The van der Waals surface area contributed by atoms with Crippen LogP contribution in [0.1, 0.15) is 18.9 Å². The Labute approximate surface area is 151 Å². The maximum absolute atomic E-state index is 13.1. The molecule has 5 N–H and O–H groups in total. The van der Waals surface area contributed by atoms with Gasteiger partial charge in [0.15, 0.2) is 0 Å². The van der Waals surface area contributed by atoms with Crippen molar-refractivity contribution in [2.45, 2.75) is 25.1 Å². The van der Waals surface area contributed by atoms with Gasteiger partial charge in [-0.15, -0.1) is 0 Å². The van der Waals surface area contributed by atoms with Crippen molar-refractivity contribution in [3.63, 3.8) is 0 Å². The van der Waals surface area contributed by atoms with Gasteiger partial charge >= 0.3 is 18.1 Å². The summed E-state index contributed by atoms with van der Waals surface area (Å²) < 4.78 is 39.3. The van der Waals surface area contributed by atoms with Crippen molar-refractivity contribution >= 4 is 23.5 Å². The third kappa shape index (κ3) is 2.58. The molecule has 146 valence electrons. The lowest BCUT2D eigenvalue weighted by molar-refractivity contribution is -0.148. The van der Waals surface area contributed by atoms with Gasteiger partial charge in [0.25, 0.3) is 0 Å². The molecule has 10 heteroatoms. The van der Waals surface area contributed by atoms with Crippen molar-refractivity contribution in [3.05, 3.63) is 29.8 Å². The minimum absolute atomic E-state index is 0.354. The molecule has 2 fully saturated rings. The molecule has 0 spiro atoms. The monoisotopic (exact) mass is 386 g/mol. The second-order valence-corrected chi connectivity index (χ2v) is 7.24. The Morgan fingerprint density at radius 1 is 1.22 bits per heavy atom. The summed E-state index contributed by atoms with van der Waals surface area (Å²) in [4.78, 5) is 35.8. The predicted molar refractivity (Wildman–Crippen MR) is 85.5 cm³/mol. The molecule has 1 amide bonds. The number of carboxylic acids is 2. The molecule has 0 unspecified atom stereocenters. The quantitative estimate of drug-likeness (QED) is 0.624. The van der Waals surface area contributed by atoms with E-state index in [-0.39, 0.29) is 6.42 Å². The summed E-state index contributed by atoms with van der Waals surface area (Å²) in [6, 6.07) is 4.35. The van der Waals surface area contributed by atoms with Gasteiger partial charge in [-0.2, -0.15) is 13.2 Å². The number of nitrogens with one attached hydrogen (secondary N) is 1. The number of amides is 1. The lowest BCUT2D eigenvalue weighted by Gasteiger charge is -2.29. The van der Waals surface area contributed by atoms with Crippen LogP contribution in [0.4, 0.5) is 18.9 Å². The van der Waals surface area contributed by atoms with Crippen LogP contribution in [-0.2, 0) is 20.6 Å². The van der Waals surface area contributed by atoms with Crippen LogP contribution in [0.2, 0.25) is 0 Å². The minimum atomic E-state index is -4.70. The third-order valence-corrected chi connectivity index (χ3v) is 6.00. The molecule has 27 heavy (non-hydrogen) atoms. The number of anilines is 1. The molecule has 2 aliphatic rings. The Kier molecular flexibility index (Phi) is 4.03. The van der Waals surface area contributed by atoms with Gasteiger partial charge in [0.05, 0.1) is 17.2 Å². The number of carbonyl (C=O) groups excluding carboxylic acids is 1. The fraction of sp³-hybridized carbons (Fsp3) is 0.471. The highest BCUT2D eigenvalue weighted by Gasteiger charge is 2.83. The van der Waals surface area contributed by atoms with Gasteiger partial charge in [0, 0.05) is 11.3 Å². The summed E-state index contributed by atoms with van der Waals surface area (Å²) >= 11 is 0. The van der Waals surface area contributed by atoms with E-state index in [1.165, 1.54) is 19.1 Å². The lowest BCUT2D eigenvalue weighted by atomic mass is 9.80. The summed E-state index contributed by atoms with van der Waals surface area (Å²) in [5.74, 6) is -6.75. The number of nitrogens with two attached hydrogens (primary N) is 1. The van der Waals surface area contributed by atoms with E-state index >= 15 is 0 Å². The normalized spacial score (nSPS) is 34.6. The molecule has 0 aromatic heterocycles. The number of alkyl halides is 3. The Balaban J connectivity index is 1.91. The van der Waals surface area contributed by atoms with Crippen LogP contribution in [-0.4, -0.2) is 33.6 Å². The van der Waals surface area contributed by atoms with Crippen LogP contribution < -0.4 is 11.1 Å². The van der Waals surface area contributed by atoms with Gasteiger partial charge in [-0.3, -0.25) is 14.4 Å². The van der Waals surface area contributed by atoms with Crippen molar-refractivity contribution in [2.75, 3.05) is 5.32 Å². The van der Waals surface area contributed by atoms with Gasteiger partial charge in [-0.05, 0) is 24.5 Å². The number of carbonyl (C=O) groups is 3. The number of fused-ring (bicyclic) bond motifs is 1. The molecule has 1 aromatic carbocycles. The highest BCUT2D eigenvalue weighted by atomic mass is 19.4. The van der Waals surface area contributed by atoms with E-state index in [9.17, 15) is 37.8 Å². The number of aliphatic carboxylic acids is 2. The first-order valence-electron chi connectivity index (χ1n) is 8.08. The topological polar surface area (TPSA) is 130 Å². The Morgan fingerprint density at radius 3 is 2.33 bits per heavy atom. The average molecular weight is 386 g/mol. The number of hydrogen-bond donors (Lipinski definition) is 4. The Morgan fingerprint density at radius 2 is 1.81 bits per heavy atom. The van der Waals surface area contributed by atoms with Crippen LogP contribution in [0.5, 0.6) is 0 Å². The molecule has 0 aliphatic heterocycles. The minimum Gasteiger partial charge on any atom is -0.481 e. The Bertz CT molecular complexity index is 842. The smallest absolute Gasteiger partial charge is 0.418 e. The van der Waals surface area contributed by atoms with E-state index in [1.54, 1.807) is 0 Å². The van der Waals surface area contributed by atoms with Crippen LogP contribution in [0, 0.1) is 23.2 Å². The predicted octanol–water partition coefficient (Wildman–Crippen LogP) is 1.78. The molecule has 5 atom stereocenters. The average Bonchev–Trinajstić information content (AvgIpc) is 3.11. The zero-order valence-corrected chi connectivity index (χ0v) is 14.1. The van der Waals surface area contributed by atoms with Crippen molar-refractivity contribution in [3.8, 4) is 0 Å². The van der Waals surface area contributed by atoms with Gasteiger partial charge in [0.1, 0.15) is 5.54 Å². The van der Waals surface area contributed by atoms with Crippen LogP contribution in [0.25, 0.3) is 0 Å². The first-order valence-corrected chi connectivity index (χ1v) is 8.08. The van der Waals surface area contributed by atoms with Crippen LogP contribution in [0.3, 0.4) is 0 Å². The molecule has 2 saturated carbocycles. The second-order valence-electron chi connectivity index (χ2n) is 7.24. The summed E-state index contributed by atoms with van der Waals surface area (Å²) in [5.41, 5.74) is 1.11. The number of para-hydroxylation sites is 1. The molecule has 2 aliphatic carbocycles. The van der Waals surface area contributed by atoms with Gasteiger partial charge in [0.2, 0.25) is 5.91 Å². The fourth-order valence-electron chi connectivity index (χ4n) is 4.51. The summed E-state index contributed by atoms with van der Waals surface area (Å²) in [6.07, 6.45) is -5.05. The maximum atomic E-state index is 13.1. The van der Waals surface area contributed by atoms with Crippen molar-refractivity contribution < 1.29 is 37.8 Å². The maximum Gasteiger partial charge on any atom is 0.418 e. The van der Waals surface area contributed by atoms with E-state index in [1.807, 2.05) is 0 Å². The highest BCUT2D eigenvalue weighted by Crippen LogP contribution is 2.73. The van der Waals surface area contributed by atoms with E-state index in [2.05, 4.69) is 5.32 Å². The highest BCUT2D eigenvalue weighted by molar-refractivity contribution is 5.98. The molecule has 3 rings (SSSR count). The van der Waals surface area contributed by atoms with E-state index in [0.29, 0.717) is 0 Å². The molecule has 0 bridgehead atoms. The zero-order chi connectivity index (χ0) is 20.4. The first-order chi connectivity index (χ1) is 12.4. The van der Waals surface area contributed by atoms with E-state index < -0.39 is 64.0 Å². The van der Waals surface area contributed by atoms with E-state index in [0.717, 1.165) is 12.1 Å². The summed E-state index contributed by atoms with van der Waals surface area (Å²) in [6.45, 7) is 1.39. The van der Waals surface area contributed by atoms with E-state index in [4.69, 9.17) is 5.73 Å². The Hall–Kier alpha value is -2.62. The number of hydrogen-bond acceptors (Lipinski definition) is 4. The molecule has 0 heterocycles. The fourth-order valence-corrected chi connectivity index (χ4v) is 4.51. The molecule has 0 saturated heterocycles. The lowest BCUT2D eigenvalue weighted by Crippen LogP contribution is -2.55. The second kappa shape index (κ2) is 5.69. The third-order valence-electron chi connectivity index (χ3n) is 6.00.